The van der Waals surface area contributed by atoms with Crippen LogP contribution in [0.4, 0.5) is 19.7 Å². The lowest BCUT2D eigenvalue weighted by atomic mass is 10.0. The van der Waals surface area contributed by atoms with Gasteiger partial charge < -0.3 is 21.7 Å². The first-order valence-corrected chi connectivity index (χ1v) is 10.8. The number of hydrogen-bond donors (Lipinski definition) is 3. The number of halogens is 1. The molecule has 0 radical (unpaired) electrons. The van der Waals surface area contributed by atoms with Crippen LogP contribution in [0.1, 0.15) is 24.8 Å². The first kappa shape index (κ1) is 22.5. The third kappa shape index (κ3) is 4.73. The molecular weight excluding hydrogens is 425 g/mol. The number of anilines is 1. The highest BCUT2D eigenvalue weighted by Gasteiger charge is 2.38. The van der Waals surface area contributed by atoms with E-state index in [0.717, 1.165) is 0 Å². The average Bonchev–Trinajstić information content (AvgIpc) is 3.36. The monoisotopic (exact) mass is 451 g/mol. The number of aromatic nitrogens is 1. The highest BCUT2D eigenvalue weighted by atomic mass is 19.1. The van der Waals surface area contributed by atoms with E-state index in [2.05, 4.69) is 5.32 Å². The van der Waals surface area contributed by atoms with Crippen molar-refractivity contribution in [3.63, 3.8) is 0 Å². The summed E-state index contributed by atoms with van der Waals surface area (Å²) < 4.78 is 15.1. The van der Waals surface area contributed by atoms with Gasteiger partial charge in [-0.2, -0.15) is 0 Å². The van der Waals surface area contributed by atoms with Crippen LogP contribution in [0.2, 0.25) is 0 Å². The van der Waals surface area contributed by atoms with Crippen molar-refractivity contribution in [1.82, 2.24) is 9.47 Å². The van der Waals surface area contributed by atoms with E-state index in [-0.39, 0.29) is 30.6 Å². The molecule has 0 spiro atoms. The van der Waals surface area contributed by atoms with Gasteiger partial charge in [-0.25, -0.2) is 14.0 Å². The van der Waals surface area contributed by atoms with E-state index in [1.54, 1.807) is 42.5 Å². The Morgan fingerprint density at radius 3 is 2.58 bits per heavy atom. The number of likely N-dealkylation sites (tertiary alicyclic amines) is 1. The normalized spacial score (nSPS) is 17.9. The number of urea groups is 1. The molecule has 2 aromatic carbocycles. The van der Waals surface area contributed by atoms with E-state index < -0.39 is 18.1 Å². The molecule has 3 amide bonds. The van der Waals surface area contributed by atoms with Gasteiger partial charge >= 0.3 is 12.1 Å². The SMILES string of the molecule is NC(=O)n1cc(NC(=O)N2C[C@@H](N)C[C@H]2C(=O)CCCc2ccccc2F)c2ccccc21. The molecule has 5 N–H and O–H groups in total. The highest BCUT2D eigenvalue weighted by molar-refractivity contribution is 6.05. The summed E-state index contributed by atoms with van der Waals surface area (Å²) in [5.74, 6) is -0.391. The summed E-state index contributed by atoms with van der Waals surface area (Å²) in [5.41, 5.74) is 13.1. The largest absolute Gasteiger partial charge is 0.351 e. The Hall–Kier alpha value is -3.72. The lowest BCUT2D eigenvalue weighted by molar-refractivity contribution is -0.122. The number of Topliss-reactive ketones (excluding diaryl/α,β-unsaturated/α-hetero) is 1. The molecule has 1 aromatic heterocycles. The number of carbonyl (C=O) groups excluding carboxylic acids is 3. The Morgan fingerprint density at radius 1 is 1.09 bits per heavy atom. The van der Waals surface area contributed by atoms with Gasteiger partial charge in [0.2, 0.25) is 0 Å². The number of rotatable bonds is 6. The average molecular weight is 452 g/mol. The fraction of sp³-hybridized carbons (Fsp3) is 0.292. The van der Waals surface area contributed by atoms with Gasteiger partial charge in [-0.3, -0.25) is 9.36 Å². The molecule has 0 aliphatic carbocycles. The number of hydrogen-bond acceptors (Lipinski definition) is 4. The van der Waals surface area contributed by atoms with Crippen LogP contribution in [0.25, 0.3) is 10.9 Å². The summed E-state index contributed by atoms with van der Waals surface area (Å²) in [5, 5.41) is 3.45. The van der Waals surface area contributed by atoms with Gasteiger partial charge in [0.1, 0.15) is 5.82 Å². The molecule has 0 bridgehead atoms. The topological polar surface area (TPSA) is 123 Å². The van der Waals surface area contributed by atoms with Crippen LogP contribution in [0.15, 0.2) is 54.7 Å². The van der Waals surface area contributed by atoms with Crippen LogP contribution < -0.4 is 16.8 Å². The number of primary amides is 1. The van der Waals surface area contributed by atoms with Gasteiger partial charge in [0, 0.05) is 30.6 Å². The van der Waals surface area contributed by atoms with Crippen molar-refractivity contribution in [2.45, 2.75) is 37.8 Å². The summed E-state index contributed by atoms with van der Waals surface area (Å²) in [6.07, 6.45) is 2.97. The van der Waals surface area contributed by atoms with Crippen molar-refractivity contribution in [3.8, 4) is 0 Å². The molecule has 1 fully saturated rings. The number of ketones is 1. The minimum Gasteiger partial charge on any atom is -0.351 e. The molecule has 0 saturated carbocycles. The van der Waals surface area contributed by atoms with Gasteiger partial charge in [0.25, 0.3) is 0 Å². The first-order chi connectivity index (χ1) is 15.8. The second-order valence-electron chi connectivity index (χ2n) is 8.27. The molecule has 2 atom stereocenters. The Kier molecular flexibility index (Phi) is 6.41. The Bertz CT molecular complexity index is 1210. The number of fused-ring (bicyclic) bond motifs is 1. The number of amides is 3. The Balaban J connectivity index is 1.45. The molecule has 3 aromatic rings. The fourth-order valence-corrected chi connectivity index (χ4v) is 4.37. The Morgan fingerprint density at radius 2 is 1.82 bits per heavy atom. The van der Waals surface area contributed by atoms with E-state index >= 15 is 0 Å². The van der Waals surface area contributed by atoms with Crippen molar-refractivity contribution in [2.24, 2.45) is 11.5 Å². The molecular formula is C24H26FN5O3. The highest BCUT2D eigenvalue weighted by Crippen LogP contribution is 2.27. The van der Waals surface area contributed by atoms with Gasteiger partial charge in [-0.05, 0) is 37.0 Å². The number of carbonyl (C=O) groups is 3. The molecule has 1 aliphatic rings. The maximum atomic E-state index is 13.8. The quantitative estimate of drug-likeness (QED) is 0.532. The standard InChI is InChI=1S/C24H26FN5O3/c25-18-9-3-1-6-15(18)7-5-11-22(31)21-12-16(26)13-30(21)24(33)28-19-14-29(23(27)32)20-10-4-2-8-17(19)20/h1-4,6,8-10,14,16,21H,5,7,11-13,26H2,(H2,27,32)(H,28,33)/t16-,21-/m0/s1. The summed E-state index contributed by atoms with van der Waals surface area (Å²) in [4.78, 5) is 39.2. The smallest absolute Gasteiger partial charge is 0.323 e. The summed E-state index contributed by atoms with van der Waals surface area (Å²) >= 11 is 0. The minimum atomic E-state index is -0.669. The number of para-hydroxylation sites is 1. The van der Waals surface area contributed by atoms with E-state index in [9.17, 15) is 18.8 Å². The summed E-state index contributed by atoms with van der Waals surface area (Å²) in [6, 6.07) is 11.4. The van der Waals surface area contributed by atoms with Gasteiger partial charge in [0.05, 0.1) is 17.2 Å². The van der Waals surface area contributed by atoms with Crippen molar-refractivity contribution in [3.05, 3.63) is 66.1 Å². The molecule has 1 saturated heterocycles. The molecule has 0 unspecified atom stereocenters. The van der Waals surface area contributed by atoms with E-state index in [1.807, 2.05) is 0 Å². The van der Waals surface area contributed by atoms with Crippen LogP contribution in [0.5, 0.6) is 0 Å². The second-order valence-corrected chi connectivity index (χ2v) is 8.27. The van der Waals surface area contributed by atoms with Crippen molar-refractivity contribution in [1.29, 1.82) is 0 Å². The molecule has 2 heterocycles. The maximum absolute atomic E-state index is 13.8. The van der Waals surface area contributed by atoms with E-state index in [4.69, 9.17) is 11.5 Å². The van der Waals surface area contributed by atoms with Crippen LogP contribution in [-0.4, -0.2) is 45.9 Å². The Labute approximate surface area is 190 Å². The summed E-state index contributed by atoms with van der Waals surface area (Å²) in [7, 11) is 0. The predicted molar refractivity (Wildman–Crippen MR) is 123 cm³/mol. The fourth-order valence-electron chi connectivity index (χ4n) is 4.37. The van der Waals surface area contributed by atoms with E-state index in [1.165, 1.54) is 21.7 Å². The minimum absolute atomic E-state index is 0.103. The van der Waals surface area contributed by atoms with Crippen molar-refractivity contribution >= 4 is 34.4 Å². The lowest BCUT2D eigenvalue weighted by Crippen LogP contribution is -2.43. The number of nitrogens with two attached hydrogens (primary N) is 2. The lowest BCUT2D eigenvalue weighted by Gasteiger charge is -2.23. The van der Waals surface area contributed by atoms with Gasteiger partial charge in [-0.15, -0.1) is 0 Å². The maximum Gasteiger partial charge on any atom is 0.323 e. The molecule has 1 aliphatic heterocycles. The van der Waals surface area contributed by atoms with Crippen LogP contribution in [-0.2, 0) is 11.2 Å². The number of aryl methyl sites for hydroxylation is 1. The van der Waals surface area contributed by atoms with Crippen molar-refractivity contribution in [2.75, 3.05) is 11.9 Å². The summed E-state index contributed by atoms with van der Waals surface area (Å²) in [6.45, 7) is 0.240. The molecule has 33 heavy (non-hydrogen) atoms. The second kappa shape index (κ2) is 9.41. The molecule has 4 rings (SSSR count). The zero-order valence-corrected chi connectivity index (χ0v) is 18.0. The van der Waals surface area contributed by atoms with Crippen LogP contribution in [0.3, 0.4) is 0 Å². The third-order valence-corrected chi connectivity index (χ3v) is 5.98. The predicted octanol–water partition coefficient (Wildman–Crippen LogP) is 3.23. The molecule has 172 valence electrons. The molecule has 8 nitrogen and oxygen atoms in total. The number of nitrogens with zero attached hydrogens (tertiary/aromatic N) is 2. The van der Waals surface area contributed by atoms with E-state index in [0.29, 0.717) is 41.4 Å². The van der Waals surface area contributed by atoms with Crippen LogP contribution in [0, 0.1) is 5.82 Å². The van der Waals surface area contributed by atoms with Gasteiger partial charge in [-0.1, -0.05) is 36.4 Å². The zero-order valence-electron chi connectivity index (χ0n) is 18.0. The first-order valence-electron chi connectivity index (χ1n) is 10.8. The number of benzene rings is 2. The van der Waals surface area contributed by atoms with Gasteiger partial charge in [0.15, 0.2) is 5.78 Å². The molecule has 9 heteroatoms. The third-order valence-electron chi connectivity index (χ3n) is 5.98. The number of nitrogens with one attached hydrogen (secondary N) is 1. The van der Waals surface area contributed by atoms with Crippen molar-refractivity contribution < 1.29 is 18.8 Å². The zero-order chi connectivity index (χ0) is 23.5. The van der Waals surface area contributed by atoms with Crippen LogP contribution >= 0.6 is 0 Å².